The van der Waals surface area contributed by atoms with Gasteiger partial charge in [-0.2, -0.15) is 0 Å². The molecule has 0 amide bonds. The molecule has 18 heavy (non-hydrogen) atoms. The van der Waals surface area contributed by atoms with Crippen molar-refractivity contribution in [2.45, 2.75) is 52.0 Å². The van der Waals surface area contributed by atoms with Crippen molar-refractivity contribution in [3.05, 3.63) is 11.4 Å². The van der Waals surface area contributed by atoms with Crippen LogP contribution >= 0.6 is 0 Å². The van der Waals surface area contributed by atoms with Gasteiger partial charge in [-0.3, -0.25) is 0 Å². The Labute approximate surface area is 107 Å². The van der Waals surface area contributed by atoms with Gasteiger partial charge in [-0.05, 0) is 13.0 Å². The lowest BCUT2D eigenvalue weighted by Gasteiger charge is -2.05. The zero-order valence-electron chi connectivity index (χ0n) is 10.9. The number of aryl methyl sites for hydroxylation is 1. The van der Waals surface area contributed by atoms with Crippen LogP contribution < -0.4 is 5.73 Å². The third-order valence-electron chi connectivity index (χ3n) is 2.89. The quantitative estimate of drug-likeness (QED) is 0.650. The molecule has 0 fully saturated rings. The van der Waals surface area contributed by atoms with Crippen LogP contribution in [0.3, 0.4) is 0 Å². The molecule has 1 heterocycles. The predicted octanol–water partition coefficient (Wildman–Crippen LogP) is 1.45. The number of unbranched alkanes of at least 4 members (excludes halogenated alkanes) is 4. The summed E-state index contributed by atoms with van der Waals surface area (Å²) in [5, 5.41) is 16.6. The average molecular weight is 254 g/mol. The van der Waals surface area contributed by atoms with E-state index in [0.717, 1.165) is 19.4 Å². The first-order valence-electron chi connectivity index (χ1n) is 6.56. The van der Waals surface area contributed by atoms with Crippen molar-refractivity contribution in [2.24, 2.45) is 5.73 Å². The number of rotatable bonds is 9. The summed E-state index contributed by atoms with van der Waals surface area (Å²) >= 11 is 0. The van der Waals surface area contributed by atoms with Gasteiger partial charge in [0, 0.05) is 13.0 Å². The third kappa shape index (κ3) is 4.10. The molecule has 0 spiro atoms. The number of aromatic carboxylic acids is 1. The molecule has 0 radical (unpaired) electrons. The van der Waals surface area contributed by atoms with Crippen molar-refractivity contribution in [1.82, 2.24) is 15.0 Å². The molecule has 1 rings (SSSR count). The average Bonchev–Trinajstić information content (AvgIpc) is 2.73. The van der Waals surface area contributed by atoms with Crippen molar-refractivity contribution in [3.63, 3.8) is 0 Å². The fourth-order valence-electron chi connectivity index (χ4n) is 1.93. The van der Waals surface area contributed by atoms with Gasteiger partial charge in [0.15, 0.2) is 5.69 Å². The first-order chi connectivity index (χ1) is 8.70. The number of nitrogens with two attached hydrogens (primary N) is 1. The van der Waals surface area contributed by atoms with E-state index in [1.807, 2.05) is 0 Å². The topological polar surface area (TPSA) is 94.0 Å². The van der Waals surface area contributed by atoms with E-state index in [2.05, 4.69) is 17.2 Å². The lowest BCUT2D eigenvalue weighted by molar-refractivity contribution is 0.0689. The fourth-order valence-corrected chi connectivity index (χ4v) is 1.93. The molecule has 0 aliphatic rings. The summed E-state index contributed by atoms with van der Waals surface area (Å²) in [6.45, 7) is 3.30. The number of carboxylic acid groups (broad SMARTS) is 1. The fraction of sp³-hybridized carbons (Fsp3) is 0.750. The van der Waals surface area contributed by atoms with E-state index in [9.17, 15) is 4.79 Å². The summed E-state index contributed by atoms with van der Waals surface area (Å²) < 4.78 is 1.68. The van der Waals surface area contributed by atoms with Crippen molar-refractivity contribution < 1.29 is 9.90 Å². The molecule has 3 N–H and O–H groups in total. The Kier molecular flexibility index (Phi) is 6.35. The molecule has 0 aliphatic heterocycles. The Hall–Kier alpha value is -1.43. The number of hydrogen-bond donors (Lipinski definition) is 2. The molecule has 6 heteroatoms. The monoisotopic (exact) mass is 254 g/mol. The van der Waals surface area contributed by atoms with Gasteiger partial charge in [0.05, 0.1) is 5.69 Å². The van der Waals surface area contributed by atoms with Crippen LogP contribution in [0.1, 0.15) is 55.2 Å². The molecule has 1 aromatic rings. The number of nitrogens with zero attached hydrogens (tertiary/aromatic N) is 3. The van der Waals surface area contributed by atoms with Crippen molar-refractivity contribution in [3.8, 4) is 0 Å². The van der Waals surface area contributed by atoms with Gasteiger partial charge < -0.3 is 10.8 Å². The van der Waals surface area contributed by atoms with E-state index in [1.54, 1.807) is 4.68 Å². The molecule has 6 nitrogen and oxygen atoms in total. The minimum absolute atomic E-state index is 0.0361. The first kappa shape index (κ1) is 14.6. The van der Waals surface area contributed by atoms with Gasteiger partial charge >= 0.3 is 5.97 Å². The van der Waals surface area contributed by atoms with Crippen LogP contribution in [0.15, 0.2) is 0 Å². The normalized spacial score (nSPS) is 10.8. The highest BCUT2D eigenvalue weighted by Gasteiger charge is 2.17. The van der Waals surface area contributed by atoms with E-state index < -0.39 is 5.97 Å². The molecule has 0 unspecified atom stereocenters. The van der Waals surface area contributed by atoms with Crippen LogP contribution in [0.5, 0.6) is 0 Å². The summed E-state index contributed by atoms with van der Waals surface area (Å²) in [5.74, 6) is -1.03. The largest absolute Gasteiger partial charge is 0.476 e. The van der Waals surface area contributed by atoms with Crippen molar-refractivity contribution in [1.29, 1.82) is 0 Å². The summed E-state index contributed by atoms with van der Waals surface area (Å²) in [5.41, 5.74) is 6.17. The zero-order chi connectivity index (χ0) is 13.4. The lowest BCUT2D eigenvalue weighted by Crippen LogP contribution is -2.13. The van der Waals surface area contributed by atoms with E-state index in [1.165, 1.54) is 19.3 Å². The number of aromatic nitrogens is 3. The molecule has 0 saturated carbocycles. The zero-order valence-corrected chi connectivity index (χ0v) is 10.9. The Morgan fingerprint density at radius 1 is 1.33 bits per heavy atom. The smallest absolute Gasteiger partial charge is 0.358 e. The van der Waals surface area contributed by atoms with Gasteiger partial charge in [0.2, 0.25) is 0 Å². The second kappa shape index (κ2) is 7.81. The third-order valence-corrected chi connectivity index (χ3v) is 2.89. The summed E-state index contributed by atoms with van der Waals surface area (Å²) in [4.78, 5) is 11.0. The summed E-state index contributed by atoms with van der Waals surface area (Å²) in [7, 11) is 0. The maximum Gasteiger partial charge on any atom is 0.358 e. The Morgan fingerprint density at radius 2 is 2.06 bits per heavy atom. The number of carbonyl (C=O) groups is 1. The van der Waals surface area contributed by atoms with Crippen LogP contribution in [0.25, 0.3) is 0 Å². The maximum absolute atomic E-state index is 11.0. The molecule has 0 saturated heterocycles. The first-order valence-corrected chi connectivity index (χ1v) is 6.56. The minimum Gasteiger partial charge on any atom is -0.476 e. The van der Waals surface area contributed by atoms with Gasteiger partial charge in [-0.15, -0.1) is 5.10 Å². The number of hydrogen-bond acceptors (Lipinski definition) is 4. The van der Waals surface area contributed by atoms with Gasteiger partial charge in [0.25, 0.3) is 0 Å². The second-order valence-corrected chi connectivity index (χ2v) is 4.37. The van der Waals surface area contributed by atoms with Gasteiger partial charge in [0.1, 0.15) is 0 Å². The number of carboxylic acids is 1. The molecule has 0 atom stereocenters. The predicted molar refractivity (Wildman–Crippen MR) is 68.5 cm³/mol. The highest BCUT2D eigenvalue weighted by molar-refractivity contribution is 5.86. The standard InChI is InChI=1S/C12H22N4O2/c1-2-3-4-5-6-9-16-10(7-8-13)11(12(17)18)14-15-16/h2-9,13H2,1H3,(H,17,18). The van der Waals surface area contributed by atoms with Crippen LogP contribution in [0.4, 0.5) is 0 Å². The molecule has 0 aliphatic carbocycles. The molecule has 0 aromatic carbocycles. The Morgan fingerprint density at radius 3 is 2.67 bits per heavy atom. The minimum atomic E-state index is -1.03. The Balaban J connectivity index is 2.56. The Bertz CT molecular complexity index is 376. The molecule has 102 valence electrons. The van der Waals surface area contributed by atoms with Crippen LogP contribution in [0.2, 0.25) is 0 Å². The van der Waals surface area contributed by atoms with E-state index in [0.29, 0.717) is 18.7 Å². The van der Waals surface area contributed by atoms with Crippen molar-refractivity contribution >= 4 is 5.97 Å². The summed E-state index contributed by atoms with van der Waals surface area (Å²) in [6, 6.07) is 0. The molecule has 1 aromatic heterocycles. The van der Waals surface area contributed by atoms with Crippen LogP contribution in [-0.4, -0.2) is 32.6 Å². The maximum atomic E-state index is 11.0. The highest BCUT2D eigenvalue weighted by Crippen LogP contribution is 2.09. The van der Waals surface area contributed by atoms with Crippen LogP contribution in [-0.2, 0) is 13.0 Å². The van der Waals surface area contributed by atoms with E-state index in [-0.39, 0.29) is 5.69 Å². The van der Waals surface area contributed by atoms with Crippen molar-refractivity contribution in [2.75, 3.05) is 6.54 Å². The van der Waals surface area contributed by atoms with Gasteiger partial charge in [-0.25, -0.2) is 9.48 Å². The molecule has 0 bridgehead atoms. The molecular formula is C12H22N4O2. The highest BCUT2D eigenvalue weighted by atomic mass is 16.4. The van der Waals surface area contributed by atoms with E-state index >= 15 is 0 Å². The van der Waals surface area contributed by atoms with E-state index in [4.69, 9.17) is 10.8 Å². The summed E-state index contributed by atoms with van der Waals surface area (Å²) in [6.07, 6.45) is 6.31. The van der Waals surface area contributed by atoms with Crippen LogP contribution in [0, 0.1) is 0 Å². The lowest BCUT2D eigenvalue weighted by atomic mass is 10.1. The van der Waals surface area contributed by atoms with Gasteiger partial charge in [-0.1, -0.05) is 37.8 Å². The second-order valence-electron chi connectivity index (χ2n) is 4.37. The molecular weight excluding hydrogens is 232 g/mol. The SMILES string of the molecule is CCCCCCCn1nnc(C(=O)O)c1CCN.